The number of aryl methyl sites for hydroxylation is 2. The van der Waals surface area contributed by atoms with Crippen molar-refractivity contribution in [2.24, 2.45) is 0 Å². The molecule has 5 heteroatoms. The van der Waals surface area contributed by atoms with Crippen LogP contribution in [0.1, 0.15) is 35.6 Å². The normalized spacial score (nSPS) is 17.1. The van der Waals surface area contributed by atoms with Gasteiger partial charge in [-0.2, -0.15) is 0 Å². The molecule has 0 spiro atoms. The molecule has 0 aliphatic heterocycles. The molecule has 1 aromatic heterocycles. The van der Waals surface area contributed by atoms with E-state index in [1.807, 2.05) is 25.1 Å². The van der Waals surface area contributed by atoms with Crippen molar-refractivity contribution in [3.05, 3.63) is 52.3 Å². The Morgan fingerprint density at radius 3 is 2.95 bits per heavy atom. The van der Waals surface area contributed by atoms with Crippen molar-refractivity contribution in [3.8, 4) is 0 Å². The Balaban J connectivity index is 1.83. The Kier molecular flexibility index (Phi) is 3.88. The zero-order valence-electron chi connectivity index (χ0n) is 11.8. The molecule has 0 saturated heterocycles. The second-order valence-corrected chi connectivity index (χ2v) is 5.68. The van der Waals surface area contributed by atoms with E-state index in [4.69, 9.17) is 11.6 Å². The van der Waals surface area contributed by atoms with E-state index >= 15 is 0 Å². The van der Waals surface area contributed by atoms with Crippen molar-refractivity contribution < 1.29 is 4.79 Å². The minimum Gasteiger partial charge on any atom is -0.294 e. The summed E-state index contributed by atoms with van der Waals surface area (Å²) in [5, 5.41) is 3.12. The Morgan fingerprint density at radius 2 is 2.14 bits per heavy atom. The molecule has 1 N–H and O–H groups in total. The largest absolute Gasteiger partial charge is 0.294 e. The van der Waals surface area contributed by atoms with Crippen LogP contribution in [0.4, 0.5) is 5.95 Å². The monoisotopic (exact) mass is 301 g/mol. The van der Waals surface area contributed by atoms with Crippen LogP contribution in [-0.2, 0) is 11.2 Å². The zero-order chi connectivity index (χ0) is 14.8. The first-order valence-corrected chi connectivity index (χ1v) is 7.41. The van der Waals surface area contributed by atoms with Crippen LogP contribution in [0.25, 0.3) is 0 Å². The Morgan fingerprint density at radius 1 is 1.33 bits per heavy atom. The summed E-state index contributed by atoms with van der Waals surface area (Å²) in [6.07, 6.45) is 2.90. The third-order valence-electron chi connectivity index (χ3n) is 3.74. The van der Waals surface area contributed by atoms with Gasteiger partial charge in [0.2, 0.25) is 11.9 Å². The number of benzene rings is 1. The van der Waals surface area contributed by atoms with Gasteiger partial charge in [0.25, 0.3) is 0 Å². The predicted octanol–water partition coefficient (Wildman–Crippen LogP) is 3.50. The van der Waals surface area contributed by atoms with E-state index < -0.39 is 0 Å². The molecule has 108 valence electrons. The second-order valence-electron chi connectivity index (χ2n) is 5.29. The molecule has 1 aliphatic rings. The molecule has 1 aromatic carbocycles. The Hall–Kier alpha value is -1.94. The second kappa shape index (κ2) is 5.82. The fraction of sp³-hybridized carbons (Fsp3) is 0.312. The maximum Gasteiger partial charge on any atom is 0.234 e. The van der Waals surface area contributed by atoms with Gasteiger partial charge in [-0.15, -0.1) is 0 Å². The fourth-order valence-corrected chi connectivity index (χ4v) is 3.05. The first-order valence-electron chi connectivity index (χ1n) is 7.03. The predicted molar refractivity (Wildman–Crippen MR) is 82.5 cm³/mol. The highest BCUT2D eigenvalue weighted by molar-refractivity contribution is 6.29. The van der Waals surface area contributed by atoms with E-state index in [2.05, 4.69) is 21.4 Å². The number of rotatable bonds is 2. The SMILES string of the molecule is Cc1cc(Cl)nc(NC(=O)C2CCCc3ccccc32)n1. The summed E-state index contributed by atoms with van der Waals surface area (Å²) in [7, 11) is 0. The van der Waals surface area contributed by atoms with Gasteiger partial charge in [-0.1, -0.05) is 35.9 Å². The molecule has 1 amide bonds. The molecule has 1 unspecified atom stereocenters. The van der Waals surface area contributed by atoms with Gasteiger partial charge in [0.15, 0.2) is 0 Å². The molecular weight excluding hydrogens is 286 g/mol. The summed E-state index contributed by atoms with van der Waals surface area (Å²) in [5.41, 5.74) is 3.10. The number of amides is 1. The van der Waals surface area contributed by atoms with E-state index in [9.17, 15) is 4.79 Å². The molecule has 1 aliphatic carbocycles. The maximum atomic E-state index is 12.5. The number of hydrogen-bond acceptors (Lipinski definition) is 3. The summed E-state index contributed by atoms with van der Waals surface area (Å²) in [4.78, 5) is 20.8. The number of nitrogens with zero attached hydrogens (tertiary/aromatic N) is 2. The van der Waals surface area contributed by atoms with Crippen LogP contribution < -0.4 is 5.32 Å². The van der Waals surface area contributed by atoms with Gasteiger partial charge in [-0.3, -0.25) is 10.1 Å². The number of aromatic nitrogens is 2. The van der Waals surface area contributed by atoms with Gasteiger partial charge in [0.1, 0.15) is 5.15 Å². The molecule has 0 fully saturated rings. The van der Waals surface area contributed by atoms with Crippen molar-refractivity contribution >= 4 is 23.5 Å². The number of fused-ring (bicyclic) bond motifs is 1. The molecular formula is C16H16ClN3O. The lowest BCUT2D eigenvalue weighted by atomic mass is 9.82. The molecule has 0 radical (unpaired) electrons. The molecule has 4 nitrogen and oxygen atoms in total. The number of anilines is 1. The average Bonchev–Trinajstić information content (AvgIpc) is 2.45. The van der Waals surface area contributed by atoms with Crippen LogP contribution in [-0.4, -0.2) is 15.9 Å². The highest BCUT2D eigenvalue weighted by Gasteiger charge is 2.26. The van der Waals surface area contributed by atoms with Gasteiger partial charge in [-0.05, 0) is 43.4 Å². The van der Waals surface area contributed by atoms with Crippen molar-refractivity contribution in [1.82, 2.24) is 9.97 Å². The third-order valence-corrected chi connectivity index (χ3v) is 3.94. The molecule has 1 atom stereocenters. The summed E-state index contributed by atoms with van der Waals surface area (Å²) in [6.45, 7) is 1.82. The van der Waals surface area contributed by atoms with E-state index in [0.717, 1.165) is 30.5 Å². The summed E-state index contributed by atoms with van der Waals surface area (Å²) < 4.78 is 0. The maximum absolute atomic E-state index is 12.5. The first kappa shape index (κ1) is 14.0. The van der Waals surface area contributed by atoms with Gasteiger partial charge >= 0.3 is 0 Å². The van der Waals surface area contributed by atoms with Gasteiger partial charge in [0.05, 0.1) is 5.92 Å². The molecule has 0 saturated carbocycles. The fourth-order valence-electron chi connectivity index (χ4n) is 2.81. The lowest BCUT2D eigenvalue weighted by Gasteiger charge is -2.24. The van der Waals surface area contributed by atoms with Crippen LogP contribution >= 0.6 is 11.6 Å². The minimum atomic E-state index is -0.141. The Bertz CT molecular complexity index is 667. The number of nitrogens with one attached hydrogen (secondary N) is 1. The first-order chi connectivity index (χ1) is 10.1. The summed E-state index contributed by atoms with van der Waals surface area (Å²) in [6, 6.07) is 9.78. The van der Waals surface area contributed by atoms with Crippen molar-refractivity contribution in [1.29, 1.82) is 0 Å². The number of carbonyl (C=O) groups is 1. The summed E-state index contributed by atoms with van der Waals surface area (Å²) >= 11 is 5.90. The zero-order valence-corrected chi connectivity index (χ0v) is 12.5. The van der Waals surface area contributed by atoms with Crippen LogP contribution in [0, 0.1) is 6.92 Å². The molecule has 1 heterocycles. The van der Waals surface area contributed by atoms with Crippen LogP contribution in [0.2, 0.25) is 5.15 Å². The van der Waals surface area contributed by atoms with E-state index in [1.54, 1.807) is 6.07 Å². The van der Waals surface area contributed by atoms with Crippen molar-refractivity contribution in [2.45, 2.75) is 32.1 Å². The quantitative estimate of drug-likeness (QED) is 0.864. The van der Waals surface area contributed by atoms with E-state index in [0.29, 0.717) is 5.15 Å². The van der Waals surface area contributed by atoms with Crippen LogP contribution in [0.5, 0.6) is 0 Å². The van der Waals surface area contributed by atoms with Crippen molar-refractivity contribution in [3.63, 3.8) is 0 Å². The number of halogens is 1. The number of carbonyl (C=O) groups excluding carboxylic acids is 1. The topological polar surface area (TPSA) is 54.9 Å². The molecule has 0 bridgehead atoms. The molecule has 21 heavy (non-hydrogen) atoms. The van der Waals surface area contributed by atoms with Gasteiger partial charge < -0.3 is 0 Å². The van der Waals surface area contributed by atoms with Crippen molar-refractivity contribution in [2.75, 3.05) is 5.32 Å². The average molecular weight is 302 g/mol. The minimum absolute atomic E-state index is 0.0659. The van der Waals surface area contributed by atoms with Gasteiger partial charge in [0, 0.05) is 5.69 Å². The summed E-state index contributed by atoms with van der Waals surface area (Å²) in [5.74, 6) is 0.0645. The molecule has 2 aromatic rings. The highest BCUT2D eigenvalue weighted by Crippen LogP contribution is 2.32. The molecule has 3 rings (SSSR count). The van der Waals surface area contributed by atoms with E-state index in [1.165, 1.54) is 5.56 Å². The Labute approximate surface area is 128 Å². The van der Waals surface area contributed by atoms with E-state index in [-0.39, 0.29) is 17.8 Å². The van der Waals surface area contributed by atoms with Crippen LogP contribution in [0.3, 0.4) is 0 Å². The highest BCUT2D eigenvalue weighted by atomic mass is 35.5. The third kappa shape index (κ3) is 3.05. The van der Waals surface area contributed by atoms with Crippen LogP contribution in [0.15, 0.2) is 30.3 Å². The smallest absolute Gasteiger partial charge is 0.234 e. The lowest BCUT2D eigenvalue weighted by Crippen LogP contribution is -2.25. The van der Waals surface area contributed by atoms with Gasteiger partial charge in [-0.25, -0.2) is 9.97 Å². The number of hydrogen-bond donors (Lipinski definition) is 1. The lowest BCUT2D eigenvalue weighted by molar-refractivity contribution is -0.117. The standard InChI is InChI=1S/C16H16ClN3O/c1-10-9-14(17)19-16(18-10)20-15(21)13-8-4-6-11-5-2-3-7-12(11)13/h2-3,5,7,9,13H,4,6,8H2,1H3,(H,18,19,20,21).